The van der Waals surface area contributed by atoms with E-state index in [1.807, 2.05) is 0 Å². The van der Waals surface area contributed by atoms with Crippen LogP contribution in [0.15, 0.2) is 12.3 Å². The molecule has 0 aliphatic heterocycles. The Kier molecular flexibility index (Phi) is 4.47. The Labute approximate surface area is 105 Å². The quantitative estimate of drug-likeness (QED) is 0.642. The monoisotopic (exact) mass is 251 g/mol. The maximum absolute atomic E-state index is 11.3. The van der Waals surface area contributed by atoms with Crippen molar-refractivity contribution in [3.05, 3.63) is 17.8 Å². The number of nitrogens with two attached hydrogens (primary N) is 2. The zero-order valence-electron chi connectivity index (χ0n) is 10.4. The van der Waals surface area contributed by atoms with Crippen LogP contribution in [-0.4, -0.2) is 37.4 Å². The molecule has 0 aromatic carbocycles. The number of pyridine rings is 1. The van der Waals surface area contributed by atoms with Crippen LogP contribution < -0.4 is 21.7 Å². The maximum Gasteiger partial charge on any atom is 0.251 e. The minimum atomic E-state index is -0.578. The van der Waals surface area contributed by atoms with Crippen molar-refractivity contribution in [2.24, 2.45) is 5.73 Å². The van der Waals surface area contributed by atoms with E-state index in [0.29, 0.717) is 24.2 Å². The highest BCUT2D eigenvalue weighted by molar-refractivity contribution is 5.99. The Bertz CT molecular complexity index is 461. The molecule has 0 bridgehead atoms. The minimum Gasteiger partial charge on any atom is -0.384 e. The van der Waals surface area contributed by atoms with E-state index in [-0.39, 0.29) is 11.7 Å². The smallest absolute Gasteiger partial charge is 0.251 e. The molecule has 0 aliphatic carbocycles. The first-order valence-corrected chi connectivity index (χ1v) is 5.42. The van der Waals surface area contributed by atoms with Crippen molar-refractivity contribution in [1.82, 2.24) is 10.3 Å². The molecule has 1 heterocycles. The van der Waals surface area contributed by atoms with Crippen molar-refractivity contribution in [3.8, 4) is 0 Å². The predicted molar refractivity (Wildman–Crippen MR) is 69.1 cm³/mol. The number of amides is 2. The van der Waals surface area contributed by atoms with E-state index >= 15 is 0 Å². The molecule has 0 saturated heterocycles. The third kappa shape index (κ3) is 3.34. The van der Waals surface area contributed by atoms with Crippen LogP contribution in [0, 0.1) is 0 Å². The maximum atomic E-state index is 11.3. The minimum absolute atomic E-state index is 0.0779. The molecule has 1 aromatic rings. The van der Waals surface area contributed by atoms with Crippen molar-refractivity contribution in [2.45, 2.75) is 6.42 Å². The van der Waals surface area contributed by atoms with Crippen molar-refractivity contribution in [2.75, 3.05) is 31.3 Å². The first kappa shape index (κ1) is 13.8. The number of aromatic nitrogens is 1. The summed E-state index contributed by atoms with van der Waals surface area (Å²) < 4.78 is 0. The molecule has 0 fully saturated rings. The molecule has 7 nitrogen and oxygen atoms in total. The van der Waals surface area contributed by atoms with Crippen LogP contribution >= 0.6 is 0 Å². The van der Waals surface area contributed by atoms with E-state index in [4.69, 9.17) is 11.5 Å². The van der Waals surface area contributed by atoms with Gasteiger partial charge in [-0.3, -0.25) is 9.59 Å². The van der Waals surface area contributed by atoms with Crippen LogP contribution in [0.3, 0.4) is 0 Å². The summed E-state index contributed by atoms with van der Waals surface area (Å²) >= 11 is 0. The molecule has 7 heteroatoms. The van der Waals surface area contributed by atoms with Gasteiger partial charge in [0.05, 0.1) is 17.4 Å². The highest BCUT2D eigenvalue weighted by Gasteiger charge is 2.13. The fourth-order valence-corrected chi connectivity index (χ4v) is 1.48. The number of carbonyl (C=O) groups excluding carboxylic acids is 2. The van der Waals surface area contributed by atoms with Crippen molar-refractivity contribution < 1.29 is 9.59 Å². The number of nitrogens with zero attached hydrogens (tertiary/aromatic N) is 2. The van der Waals surface area contributed by atoms with E-state index in [1.165, 1.54) is 12.3 Å². The van der Waals surface area contributed by atoms with Crippen molar-refractivity contribution in [3.63, 3.8) is 0 Å². The van der Waals surface area contributed by atoms with Crippen molar-refractivity contribution >= 4 is 23.3 Å². The van der Waals surface area contributed by atoms with Crippen LogP contribution in [0.4, 0.5) is 11.5 Å². The SMILES string of the molecule is CNC(=O)CCN(C)c1cnc(N)cc1C(N)=O. The summed E-state index contributed by atoms with van der Waals surface area (Å²) in [5.74, 6) is -0.427. The highest BCUT2D eigenvalue weighted by atomic mass is 16.1. The lowest BCUT2D eigenvalue weighted by Crippen LogP contribution is -2.28. The average molecular weight is 251 g/mol. The molecule has 0 radical (unpaired) electrons. The summed E-state index contributed by atoms with van der Waals surface area (Å²) in [4.78, 5) is 28.1. The van der Waals surface area contributed by atoms with Crippen LogP contribution in [-0.2, 0) is 4.79 Å². The summed E-state index contributed by atoms with van der Waals surface area (Å²) in [6.45, 7) is 0.450. The van der Waals surface area contributed by atoms with Crippen LogP contribution in [0.5, 0.6) is 0 Å². The van der Waals surface area contributed by atoms with Gasteiger partial charge in [0.25, 0.3) is 5.91 Å². The average Bonchev–Trinajstić information content (AvgIpc) is 2.35. The molecule has 1 aromatic heterocycles. The number of nitrogen functional groups attached to an aromatic ring is 1. The summed E-state index contributed by atoms with van der Waals surface area (Å²) in [6, 6.07) is 1.42. The first-order valence-electron chi connectivity index (χ1n) is 5.42. The Morgan fingerprint density at radius 1 is 1.50 bits per heavy atom. The largest absolute Gasteiger partial charge is 0.384 e. The number of hydrogen-bond acceptors (Lipinski definition) is 5. The second-order valence-electron chi connectivity index (χ2n) is 3.84. The molecule has 2 amide bonds. The lowest BCUT2D eigenvalue weighted by molar-refractivity contribution is -0.120. The summed E-state index contributed by atoms with van der Waals surface area (Å²) in [5, 5.41) is 2.53. The Hall–Kier alpha value is -2.31. The molecule has 1 rings (SSSR count). The van der Waals surface area contributed by atoms with Gasteiger partial charge in [-0.05, 0) is 6.07 Å². The standard InChI is InChI=1S/C11H17N5O2/c1-14-10(17)3-4-16(2)8-6-15-9(12)5-7(8)11(13)18/h5-6H,3-4H2,1-2H3,(H2,12,15)(H2,13,18)(H,14,17). The van der Waals surface area contributed by atoms with Gasteiger partial charge in [0, 0.05) is 27.1 Å². The van der Waals surface area contributed by atoms with Gasteiger partial charge in [0.15, 0.2) is 0 Å². The van der Waals surface area contributed by atoms with E-state index in [9.17, 15) is 9.59 Å². The number of primary amides is 1. The molecular formula is C11H17N5O2. The second kappa shape index (κ2) is 5.85. The fraction of sp³-hybridized carbons (Fsp3) is 0.364. The van der Waals surface area contributed by atoms with Gasteiger partial charge in [0.1, 0.15) is 5.82 Å². The van der Waals surface area contributed by atoms with Gasteiger partial charge < -0.3 is 21.7 Å². The van der Waals surface area contributed by atoms with Crippen molar-refractivity contribution in [1.29, 1.82) is 0 Å². The Morgan fingerprint density at radius 2 is 2.17 bits per heavy atom. The number of anilines is 2. The molecule has 0 saturated carbocycles. The molecule has 98 valence electrons. The van der Waals surface area contributed by atoms with Gasteiger partial charge in [-0.25, -0.2) is 4.98 Å². The fourth-order valence-electron chi connectivity index (χ4n) is 1.48. The number of rotatable bonds is 5. The Balaban J connectivity index is 2.88. The Morgan fingerprint density at radius 3 is 2.72 bits per heavy atom. The second-order valence-corrected chi connectivity index (χ2v) is 3.84. The lowest BCUT2D eigenvalue weighted by atomic mass is 10.2. The third-order valence-electron chi connectivity index (χ3n) is 2.53. The zero-order chi connectivity index (χ0) is 13.7. The number of nitrogens with one attached hydrogen (secondary N) is 1. The van der Waals surface area contributed by atoms with Crippen LogP contribution in [0.2, 0.25) is 0 Å². The van der Waals surface area contributed by atoms with Gasteiger partial charge in [-0.2, -0.15) is 0 Å². The zero-order valence-corrected chi connectivity index (χ0v) is 10.4. The van der Waals surface area contributed by atoms with E-state index in [1.54, 1.807) is 19.0 Å². The molecule has 0 aliphatic rings. The molecular weight excluding hydrogens is 234 g/mol. The van der Waals surface area contributed by atoms with Crippen LogP contribution in [0.25, 0.3) is 0 Å². The third-order valence-corrected chi connectivity index (χ3v) is 2.53. The summed E-state index contributed by atoms with van der Waals surface area (Å²) in [5.41, 5.74) is 11.6. The lowest BCUT2D eigenvalue weighted by Gasteiger charge is -2.20. The molecule has 18 heavy (non-hydrogen) atoms. The predicted octanol–water partition coefficient (Wildman–Crippen LogP) is -0.665. The van der Waals surface area contributed by atoms with Gasteiger partial charge >= 0.3 is 0 Å². The van der Waals surface area contributed by atoms with Gasteiger partial charge in [-0.1, -0.05) is 0 Å². The van der Waals surface area contributed by atoms with E-state index in [2.05, 4.69) is 10.3 Å². The topological polar surface area (TPSA) is 114 Å². The van der Waals surface area contributed by atoms with Gasteiger partial charge in [0.2, 0.25) is 5.91 Å². The number of carbonyl (C=O) groups is 2. The number of hydrogen-bond donors (Lipinski definition) is 3. The van der Waals surface area contributed by atoms with E-state index < -0.39 is 5.91 Å². The summed E-state index contributed by atoms with van der Waals surface area (Å²) in [6.07, 6.45) is 1.79. The summed E-state index contributed by atoms with van der Waals surface area (Å²) in [7, 11) is 3.32. The van der Waals surface area contributed by atoms with Gasteiger partial charge in [-0.15, -0.1) is 0 Å². The first-order chi connectivity index (χ1) is 8.45. The molecule has 5 N–H and O–H groups in total. The molecule has 0 atom stereocenters. The van der Waals surface area contributed by atoms with E-state index in [0.717, 1.165) is 0 Å². The normalized spacial score (nSPS) is 9.89. The molecule has 0 spiro atoms. The molecule has 0 unspecified atom stereocenters. The highest BCUT2D eigenvalue weighted by Crippen LogP contribution is 2.19. The van der Waals surface area contributed by atoms with Crippen LogP contribution in [0.1, 0.15) is 16.8 Å².